The molecule has 1 saturated carbocycles. The highest BCUT2D eigenvalue weighted by Crippen LogP contribution is 2.47. The van der Waals surface area contributed by atoms with Crippen molar-refractivity contribution < 1.29 is 4.74 Å². The first-order valence-corrected chi connectivity index (χ1v) is 6.42. The van der Waals surface area contributed by atoms with Crippen LogP contribution < -0.4 is 15.0 Å². The molecule has 3 rings (SSSR count). The van der Waals surface area contributed by atoms with Crippen molar-refractivity contribution in [2.45, 2.75) is 31.2 Å². The molecule has 92 valence electrons. The summed E-state index contributed by atoms with van der Waals surface area (Å²) in [5, 5.41) is 3.58. The fourth-order valence-electron chi connectivity index (χ4n) is 3.34. The van der Waals surface area contributed by atoms with E-state index in [1.165, 1.54) is 37.1 Å². The van der Waals surface area contributed by atoms with Gasteiger partial charge in [-0.3, -0.25) is 0 Å². The highest BCUT2D eigenvalue weighted by atomic mass is 16.5. The highest BCUT2D eigenvalue weighted by Gasteiger charge is 2.42. The van der Waals surface area contributed by atoms with E-state index in [1.54, 1.807) is 7.11 Å². The van der Waals surface area contributed by atoms with Crippen molar-refractivity contribution in [3.05, 3.63) is 18.2 Å². The number of methoxy groups -OCH3 is 1. The number of anilines is 2. The molecule has 3 nitrogen and oxygen atoms in total. The predicted molar refractivity (Wildman–Crippen MR) is 71.1 cm³/mol. The molecule has 0 saturated heterocycles. The lowest BCUT2D eigenvalue weighted by molar-refractivity contribution is 0.394. The second kappa shape index (κ2) is 3.83. The van der Waals surface area contributed by atoms with Gasteiger partial charge in [-0.2, -0.15) is 0 Å². The maximum Gasteiger partial charge on any atom is 0.144 e. The van der Waals surface area contributed by atoms with Crippen LogP contribution in [0.3, 0.4) is 0 Å². The smallest absolute Gasteiger partial charge is 0.144 e. The van der Waals surface area contributed by atoms with Gasteiger partial charge in [0.05, 0.1) is 18.3 Å². The summed E-state index contributed by atoms with van der Waals surface area (Å²) in [4.78, 5) is 2.45. The number of benzene rings is 1. The number of nitrogens with one attached hydrogen (secondary N) is 1. The number of hydrogen-bond acceptors (Lipinski definition) is 3. The molecule has 0 amide bonds. The SMILES string of the molecule is COc1cccc2c1N(C)C1(CCCC1)CN2. The Morgan fingerprint density at radius 2 is 2.06 bits per heavy atom. The second-order valence-corrected chi connectivity index (χ2v) is 5.20. The van der Waals surface area contributed by atoms with Crippen molar-refractivity contribution in [3.63, 3.8) is 0 Å². The predicted octanol–water partition coefficient (Wildman–Crippen LogP) is 2.87. The van der Waals surface area contributed by atoms with E-state index in [0.717, 1.165) is 12.3 Å². The van der Waals surface area contributed by atoms with Gasteiger partial charge in [0.25, 0.3) is 0 Å². The van der Waals surface area contributed by atoms with Crippen molar-refractivity contribution in [3.8, 4) is 5.75 Å². The molecule has 1 aliphatic heterocycles. The molecule has 0 atom stereocenters. The van der Waals surface area contributed by atoms with Crippen LogP contribution in [-0.2, 0) is 0 Å². The van der Waals surface area contributed by atoms with Gasteiger partial charge in [-0.1, -0.05) is 18.9 Å². The third-order valence-corrected chi connectivity index (χ3v) is 4.41. The van der Waals surface area contributed by atoms with Crippen molar-refractivity contribution in [1.82, 2.24) is 0 Å². The van der Waals surface area contributed by atoms with Crippen LogP contribution in [0.2, 0.25) is 0 Å². The van der Waals surface area contributed by atoms with Gasteiger partial charge in [-0.25, -0.2) is 0 Å². The number of likely N-dealkylation sites (N-methyl/N-ethyl adjacent to an activating group) is 1. The van der Waals surface area contributed by atoms with Crippen molar-refractivity contribution in [2.24, 2.45) is 0 Å². The standard InChI is InChI=1S/C14H20N2O/c1-16-13-11(6-5-7-12(13)17-2)15-10-14(16)8-3-4-9-14/h5-7,15H,3-4,8-10H2,1-2H3. The van der Waals surface area contributed by atoms with E-state index in [-0.39, 0.29) is 0 Å². The molecule has 0 unspecified atom stereocenters. The lowest BCUT2D eigenvalue weighted by Crippen LogP contribution is -2.52. The van der Waals surface area contributed by atoms with Crippen LogP contribution in [0.5, 0.6) is 5.75 Å². The minimum atomic E-state index is 0.307. The number of fused-ring (bicyclic) bond motifs is 1. The van der Waals surface area contributed by atoms with Crippen molar-refractivity contribution in [1.29, 1.82) is 0 Å². The Kier molecular flexibility index (Phi) is 2.42. The zero-order chi connectivity index (χ0) is 11.9. The minimum absolute atomic E-state index is 0.307. The molecule has 1 aliphatic carbocycles. The van der Waals surface area contributed by atoms with Crippen LogP contribution in [0.1, 0.15) is 25.7 Å². The van der Waals surface area contributed by atoms with E-state index in [0.29, 0.717) is 5.54 Å². The van der Waals surface area contributed by atoms with E-state index in [2.05, 4.69) is 23.3 Å². The van der Waals surface area contributed by atoms with Crippen LogP contribution in [0, 0.1) is 0 Å². The molecule has 1 spiro atoms. The molecule has 0 radical (unpaired) electrons. The molecular formula is C14H20N2O. The fraction of sp³-hybridized carbons (Fsp3) is 0.571. The second-order valence-electron chi connectivity index (χ2n) is 5.20. The Balaban J connectivity index is 2.06. The van der Waals surface area contributed by atoms with Crippen molar-refractivity contribution in [2.75, 3.05) is 30.9 Å². The summed E-state index contributed by atoms with van der Waals surface area (Å²) in [7, 11) is 3.97. The summed E-state index contributed by atoms with van der Waals surface area (Å²) in [6.07, 6.45) is 5.26. The van der Waals surface area contributed by atoms with E-state index in [4.69, 9.17) is 4.74 Å². The van der Waals surface area contributed by atoms with Gasteiger partial charge >= 0.3 is 0 Å². The van der Waals surface area contributed by atoms with Crippen LogP contribution in [-0.4, -0.2) is 26.2 Å². The lowest BCUT2D eigenvalue weighted by atomic mass is 9.91. The van der Waals surface area contributed by atoms with Crippen LogP contribution in [0.4, 0.5) is 11.4 Å². The topological polar surface area (TPSA) is 24.5 Å². The zero-order valence-electron chi connectivity index (χ0n) is 10.6. The Hall–Kier alpha value is -1.38. The first-order valence-electron chi connectivity index (χ1n) is 6.42. The molecule has 17 heavy (non-hydrogen) atoms. The molecule has 3 heteroatoms. The quantitative estimate of drug-likeness (QED) is 0.805. The van der Waals surface area contributed by atoms with Crippen LogP contribution in [0.25, 0.3) is 0 Å². The Morgan fingerprint density at radius 3 is 2.76 bits per heavy atom. The number of para-hydroxylation sites is 1. The fourth-order valence-corrected chi connectivity index (χ4v) is 3.34. The Labute approximate surface area is 103 Å². The van der Waals surface area contributed by atoms with Gasteiger partial charge < -0.3 is 15.0 Å². The molecule has 1 heterocycles. The van der Waals surface area contributed by atoms with E-state index in [9.17, 15) is 0 Å². The monoisotopic (exact) mass is 232 g/mol. The molecule has 1 N–H and O–H groups in total. The van der Waals surface area contributed by atoms with Gasteiger partial charge in [0, 0.05) is 13.6 Å². The molecular weight excluding hydrogens is 212 g/mol. The molecule has 1 fully saturated rings. The summed E-state index contributed by atoms with van der Waals surface area (Å²) in [5.74, 6) is 0.975. The summed E-state index contributed by atoms with van der Waals surface area (Å²) < 4.78 is 5.50. The Morgan fingerprint density at radius 1 is 1.29 bits per heavy atom. The third-order valence-electron chi connectivity index (χ3n) is 4.41. The first-order chi connectivity index (χ1) is 8.27. The molecule has 1 aromatic carbocycles. The third kappa shape index (κ3) is 1.48. The number of ether oxygens (including phenoxy) is 1. The summed E-state index contributed by atoms with van der Waals surface area (Å²) >= 11 is 0. The van der Waals surface area contributed by atoms with E-state index in [1.807, 2.05) is 12.1 Å². The van der Waals surface area contributed by atoms with E-state index < -0.39 is 0 Å². The number of rotatable bonds is 1. The molecule has 0 bridgehead atoms. The minimum Gasteiger partial charge on any atom is -0.495 e. The van der Waals surface area contributed by atoms with Crippen LogP contribution in [0.15, 0.2) is 18.2 Å². The Bertz CT molecular complexity index is 410. The molecule has 1 aromatic rings. The summed E-state index contributed by atoms with van der Waals surface area (Å²) in [6, 6.07) is 6.23. The average molecular weight is 232 g/mol. The van der Waals surface area contributed by atoms with Gasteiger partial charge in [0.15, 0.2) is 0 Å². The summed E-state index contributed by atoms with van der Waals surface area (Å²) in [5.41, 5.74) is 2.73. The normalized spacial score (nSPS) is 21.2. The first kappa shape index (κ1) is 10.8. The van der Waals surface area contributed by atoms with Gasteiger partial charge in [-0.15, -0.1) is 0 Å². The molecule has 0 aromatic heterocycles. The van der Waals surface area contributed by atoms with Gasteiger partial charge in [-0.05, 0) is 25.0 Å². The average Bonchev–Trinajstić information content (AvgIpc) is 2.83. The molecule has 2 aliphatic rings. The van der Waals surface area contributed by atoms with E-state index >= 15 is 0 Å². The van der Waals surface area contributed by atoms with Crippen LogP contribution >= 0.6 is 0 Å². The lowest BCUT2D eigenvalue weighted by Gasteiger charge is -2.46. The largest absolute Gasteiger partial charge is 0.495 e. The summed E-state index contributed by atoms with van der Waals surface area (Å²) in [6.45, 7) is 1.06. The van der Waals surface area contributed by atoms with Gasteiger partial charge in [0.1, 0.15) is 11.4 Å². The number of hydrogen-bond donors (Lipinski definition) is 1. The highest BCUT2D eigenvalue weighted by molar-refractivity contribution is 5.79. The maximum absolute atomic E-state index is 5.50. The zero-order valence-corrected chi connectivity index (χ0v) is 10.6. The maximum atomic E-state index is 5.50. The van der Waals surface area contributed by atoms with Gasteiger partial charge in [0.2, 0.25) is 0 Å². The number of nitrogens with zero attached hydrogens (tertiary/aromatic N) is 1. The van der Waals surface area contributed by atoms with Crippen molar-refractivity contribution >= 4 is 11.4 Å².